The zero-order valence-corrected chi connectivity index (χ0v) is 13.5. The maximum atomic E-state index is 5.41. The molecule has 2 fully saturated rings. The molecule has 1 aliphatic carbocycles. The van der Waals surface area contributed by atoms with Crippen molar-refractivity contribution in [3.8, 4) is 11.8 Å². The molecule has 0 unspecified atom stereocenters. The van der Waals surface area contributed by atoms with Gasteiger partial charge in [-0.15, -0.1) is 11.3 Å². The van der Waals surface area contributed by atoms with E-state index in [1.807, 2.05) is 11.3 Å². The van der Waals surface area contributed by atoms with E-state index in [1.165, 1.54) is 56.7 Å². The maximum absolute atomic E-state index is 5.41. The Morgan fingerprint density at radius 3 is 2.67 bits per heavy atom. The van der Waals surface area contributed by atoms with Crippen LogP contribution >= 0.6 is 11.3 Å². The zero-order valence-electron chi connectivity index (χ0n) is 12.7. The molecule has 1 aromatic heterocycles. The summed E-state index contributed by atoms with van der Waals surface area (Å²) in [5.74, 6) is 6.04. The van der Waals surface area contributed by atoms with Crippen molar-refractivity contribution in [3.63, 3.8) is 0 Å². The van der Waals surface area contributed by atoms with Gasteiger partial charge in [0.25, 0.3) is 0 Å². The lowest BCUT2D eigenvalue weighted by Gasteiger charge is -2.37. The van der Waals surface area contributed by atoms with E-state index in [2.05, 4.69) is 33.1 Å². The third kappa shape index (κ3) is 4.08. The molecule has 4 heteroatoms. The van der Waals surface area contributed by atoms with Crippen molar-refractivity contribution < 1.29 is 0 Å². The van der Waals surface area contributed by atoms with Gasteiger partial charge in [0.1, 0.15) is 0 Å². The Morgan fingerprint density at radius 2 is 1.95 bits per heavy atom. The summed E-state index contributed by atoms with van der Waals surface area (Å²) in [5, 5.41) is 2.15. The van der Waals surface area contributed by atoms with E-state index in [0.29, 0.717) is 6.54 Å². The minimum Gasteiger partial charge on any atom is -0.320 e. The van der Waals surface area contributed by atoms with Crippen molar-refractivity contribution in [2.45, 2.75) is 38.3 Å². The molecule has 2 N–H and O–H groups in total. The maximum Gasteiger partial charge on any atom is 0.0555 e. The molecule has 1 saturated heterocycles. The van der Waals surface area contributed by atoms with E-state index in [4.69, 9.17) is 5.73 Å². The Balaban J connectivity index is 1.47. The van der Waals surface area contributed by atoms with Crippen LogP contribution in [0.3, 0.4) is 0 Å². The number of thiophene rings is 1. The fourth-order valence-corrected chi connectivity index (χ4v) is 4.32. The van der Waals surface area contributed by atoms with Gasteiger partial charge in [-0.25, -0.2) is 0 Å². The molecule has 1 aromatic rings. The molecule has 3 rings (SSSR count). The van der Waals surface area contributed by atoms with Crippen molar-refractivity contribution in [2.75, 3.05) is 32.7 Å². The van der Waals surface area contributed by atoms with E-state index >= 15 is 0 Å². The average Bonchev–Trinajstić information content (AvgIpc) is 3.17. The number of nitrogens with zero attached hydrogens (tertiary/aromatic N) is 2. The summed E-state index contributed by atoms with van der Waals surface area (Å²) in [5.41, 5.74) is 6.53. The smallest absolute Gasteiger partial charge is 0.0555 e. The van der Waals surface area contributed by atoms with Gasteiger partial charge in [-0.3, -0.25) is 9.80 Å². The molecular formula is C17H25N3S. The first-order valence-electron chi connectivity index (χ1n) is 8.08. The Morgan fingerprint density at radius 1 is 1.19 bits per heavy atom. The number of hydrogen-bond donors (Lipinski definition) is 1. The van der Waals surface area contributed by atoms with Crippen LogP contribution in [0.15, 0.2) is 11.4 Å². The van der Waals surface area contributed by atoms with Crippen molar-refractivity contribution >= 4 is 11.3 Å². The molecule has 1 aliphatic heterocycles. The highest BCUT2D eigenvalue weighted by molar-refractivity contribution is 7.10. The predicted molar refractivity (Wildman–Crippen MR) is 89.4 cm³/mol. The van der Waals surface area contributed by atoms with Crippen molar-refractivity contribution in [3.05, 3.63) is 21.9 Å². The summed E-state index contributed by atoms with van der Waals surface area (Å²) in [7, 11) is 0. The van der Waals surface area contributed by atoms with Crippen LogP contribution in [0.1, 0.15) is 36.1 Å². The van der Waals surface area contributed by atoms with Crippen LogP contribution in [0.4, 0.5) is 0 Å². The lowest BCUT2D eigenvalue weighted by molar-refractivity contribution is 0.0943. The van der Waals surface area contributed by atoms with Crippen LogP contribution in [-0.2, 0) is 6.54 Å². The summed E-state index contributed by atoms with van der Waals surface area (Å²) >= 11 is 1.82. The fourth-order valence-electron chi connectivity index (χ4n) is 3.46. The second-order valence-corrected chi connectivity index (χ2v) is 7.05. The second kappa shape index (κ2) is 7.42. The molecule has 0 spiro atoms. The van der Waals surface area contributed by atoms with Crippen LogP contribution in [0.2, 0.25) is 0 Å². The summed E-state index contributed by atoms with van der Waals surface area (Å²) in [4.78, 5) is 6.72. The molecule has 2 heterocycles. The summed E-state index contributed by atoms with van der Waals surface area (Å²) in [6, 6.07) is 3.10. The molecule has 0 bridgehead atoms. The first-order chi connectivity index (χ1) is 10.3. The van der Waals surface area contributed by atoms with E-state index in [0.717, 1.165) is 18.2 Å². The van der Waals surface area contributed by atoms with Gasteiger partial charge in [0.2, 0.25) is 0 Å². The average molecular weight is 303 g/mol. The topological polar surface area (TPSA) is 32.5 Å². The van der Waals surface area contributed by atoms with Crippen LogP contribution in [-0.4, -0.2) is 48.6 Å². The first-order valence-corrected chi connectivity index (χ1v) is 8.96. The van der Waals surface area contributed by atoms with Gasteiger partial charge in [-0.05, 0) is 18.9 Å². The third-order valence-corrected chi connectivity index (χ3v) is 5.54. The molecule has 2 aliphatic rings. The zero-order chi connectivity index (χ0) is 14.5. The molecule has 0 amide bonds. The Hall–Kier alpha value is -0.860. The van der Waals surface area contributed by atoms with E-state index in [-0.39, 0.29) is 0 Å². The molecule has 21 heavy (non-hydrogen) atoms. The molecule has 0 aromatic carbocycles. The van der Waals surface area contributed by atoms with E-state index < -0.39 is 0 Å². The van der Waals surface area contributed by atoms with E-state index in [1.54, 1.807) is 0 Å². The summed E-state index contributed by atoms with van der Waals surface area (Å²) in [6.45, 7) is 6.42. The highest BCUT2D eigenvalue weighted by Gasteiger charge is 2.26. The molecule has 114 valence electrons. The molecule has 0 atom stereocenters. The van der Waals surface area contributed by atoms with Crippen molar-refractivity contribution in [1.82, 2.24) is 9.80 Å². The van der Waals surface area contributed by atoms with Crippen molar-refractivity contribution in [2.24, 2.45) is 5.73 Å². The predicted octanol–water partition coefficient (Wildman–Crippen LogP) is 2.12. The molecule has 3 nitrogen and oxygen atoms in total. The SMILES string of the molecule is NCC#Cc1csc(CN2CCN(C3CCCC3)CC2)c1. The molecular weight excluding hydrogens is 278 g/mol. The normalized spacial score (nSPS) is 21.4. The van der Waals surface area contributed by atoms with Gasteiger partial charge in [-0.2, -0.15) is 0 Å². The second-order valence-electron chi connectivity index (χ2n) is 6.06. The van der Waals surface area contributed by atoms with Crippen LogP contribution in [0.25, 0.3) is 0 Å². The van der Waals surface area contributed by atoms with E-state index in [9.17, 15) is 0 Å². The van der Waals surface area contributed by atoms with Gasteiger partial charge in [-0.1, -0.05) is 24.7 Å². The summed E-state index contributed by atoms with van der Waals surface area (Å²) in [6.07, 6.45) is 5.72. The Labute approximate surface area is 132 Å². The third-order valence-electron chi connectivity index (χ3n) is 4.62. The highest BCUT2D eigenvalue weighted by Crippen LogP contribution is 2.25. The Kier molecular flexibility index (Phi) is 5.32. The standard InChI is InChI=1S/C17H25N3S/c18-7-3-4-15-12-17(21-14-15)13-19-8-10-20(11-9-19)16-5-1-2-6-16/h12,14,16H,1-2,5-11,13,18H2. The molecule has 1 saturated carbocycles. The van der Waals surface area contributed by atoms with Gasteiger partial charge in [0.15, 0.2) is 0 Å². The largest absolute Gasteiger partial charge is 0.320 e. The number of piperazine rings is 1. The van der Waals surface area contributed by atoms with Gasteiger partial charge >= 0.3 is 0 Å². The first kappa shape index (κ1) is 15.1. The lowest BCUT2D eigenvalue weighted by Crippen LogP contribution is -2.49. The fraction of sp³-hybridized carbons (Fsp3) is 0.647. The number of rotatable bonds is 3. The summed E-state index contributed by atoms with van der Waals surface area (Å²) < 4.78 is 0. The van der Waals surface area contributed by atoms with Gasteiger partial charge < -0.3 is 5.73 Å². The van der Waals surface area contributed by atoms with Gasteiger partial charge in [0, 0.05) is 54.6 Å². The van der Waals surface area contributed by atoms with Crippen LogP contribution < -0.4 is 5.73 Å². The van der Waals surface area contributed by atoms with Gasteiger partial charge in [0.05, 0.1) is 6.54 Å². The van der Waals surface area contributed by atoms with Crippen LogP contribution in [0, 0.1) is 11.8 Å². The Bertz CT molecular complexity index is 500. The molecule has 0 radical (unpaired) electrons. The lowest BCUT2D eigenvalue weighted by atomic mass is 10.2. The minimum absolute atomic E-state index is 0.439. The van der Waals surface area contributed by atoms with Crippen LogP contribution in [0.5, 0.6) is 0 Å². The number of hydrogen-bond acceptors (Lipinski definition) is 4. The highest BCUT2D eigenvalue weighted by atomic mass is 32.1. The van der Waals surface area contributed by atoms with Crippen molar-refractivity contribution in [1.29, 1.82) is 0 Å². The monoisotopic (exact) mass is 303 g/mol. The minimum atomic E-state index is 0.439. The number of nitrogens with two attached hydrogens (primary N) is 1. The quantitative estimate of drug-likeness (QED) is 0.868.